The van der Waals surface area contributed by atoms with Crippen molar-refractivity contribution in [3.05, 3.63) is 58.5 Å². The summed E-state index contributed by atoms with van der Waals surface area (Å²) in [6.45, 7) is 0. The molecule has 7 heteroatoms. The Bertz CT molecular complexity index is 965. The van der Waals surface area contributed by atoms with Crippen molar-refractivity contribution < 1.29 is 19.1 Å². The first-order valence-corrected chi connectivity index (χ1v) is 7.83. The molecule has 1 aromatic carbocycles. The van der Waals surface area contributed by atoms with Crippen LogP contribution in [0.5, 0.6) is 5.75 Å². The largest absolute Gasteiger partial charge is 0.497 e. The van der Waals surface area contributed by atoms with Gasteiger partial charge >= 0.3 is 5.97 Å². The number of nitrogens with one attached hydrogen (secondary N) is 1. The van der Waals surface area contributed by atoms with E-state index in [9.17, 15) is 9.59 Å². The van der Waals surface area contributed by atoms with Gasteiger partial charge in [-0.2, -0.15) is 0 Å². The highest BCUT2D eigenvalue weighted by Crippen LogP contribution is 2.28. The molecule has 25 heavy (non-hydrogen) atoms. The maximum Gasteiger partial charge on any atom is 0.310 e. The van der Waals surface area contributed by atoms with E-state index in [2.05, 4.69) is 9.97 Å². The van der Waals surface area contributed by atoms with Crippen LogP contribution in [-0.2, 0) is 16.0 Å². The number of halogens is 1. The number of rotatable bonds is 5. The molecule has 0 aliphatic rings. The Labute approximate surface area is 148 Å². The van der Waals surface area contributed by atoms with Crippen LogP contribution in [0, 0.1) is 0 Å². The SMILES string of the molecule is COC(=O)Cc1c(C(=O)c2cc(OC)ccn2)[nH]c2cc(Cl)ccc12. The van der Waals surface area contributed by atoms with E-state index in [-0.39, 0.29) is 23.6 Å². The number of H-pyrrole nitrogens is 1. The number of methoxy groups -OCH3 is 2. The molecular weight excluding hydrogens is 344 g/mol. The van der Waals surface area contributed by atoms with Gasteiger partial charge < -0.3 is 14.5 Å². The van der Waals surface area contributed by atoms with Crippen molar-refractivity contribution in [2.24, 2.45) is 0 Å². The van der Waals surface area contributed by atoms with Crippen LogP contribution in [0.25, 0.3) is 10.9 Å². The zero-order valence-corrected chi connectivity index (χ0v) is 14.4. The van der Waals surface area contributed by atoms with E-state index < -0.39 is 5.97 Å². The van der Waals surface area contributed by atoms with Gasteiger partial charge in [-0.3, -0.25) is 14.6 Å². The molecule has 0 fully saturated rings. The number of carbonyl (C=O) groups is 2. The fraction of sp³-hybridized carbons (Fsp3) is 0.167. The average molecular weight is 359 g/mol. The van der Waals surface area contributed by atoms with Crippen LogP contribution in [0.15, 0.2) is 36.5 Å². The zero-order chi connectivity index (χ0) is 18.0. The predicted molar refractivity (Wildman–Crippen MR) is 93.3 cm³/mol. The number of aromatic nitrogens is 2. The van der Waals surface area contributed by atoms with E-state index in [1.54, 1.807) is 30.3 Å². The van der Waals surface area contributed by atoms with Crippen molar-refractivity contribution >= 4 is 34.3 Å². The maximum atomic E-state index is 12.9. The minimum Gasteiger partial charge on any atom is -0.497 e. The van der Waals surface area contributed by atoms with Gasteiger partial charge in [0.05, 0.1) is 26.3 Å². The second-order valence-electron chi connectivity index (χ2n) is 5.33. The topological polar surface area (TPSA) is 81.3 Å². The standard InChI is InChI=1S/C18H15ClN2O4/c1-24-11-5-6-20-15(8-11)18(23)17-13(9-16(22)25-2)12-4-3-10(19)7-14(12)21-17/h3-8,21H,9H2,1-2H3. The molecule has 3 rings (SSSR count). The van der Waals surface area contributed by atoms with Crippen molar-refractivity contribution in [3.63, 3.8) is 0 Å². The van der Waals surface area contributed by atoms with E-state index in [0.29, 0.717) is 21.9 Å². The number of hydrogen-bond donors (Lipinski definition) is 1. The van der Waals surface area contributed by atoms with Crippen LogP contribution in [0.2, 0.25) is 5.02 Å². The molecule has 0 bridgehead atoms. The molecule has 0 unspecified atom stereocenters. The molecule has 0 radical (unpaired) electrons. The molecule has 3 aromatic rings. The lowest BCUT2D eigenvalue weighted by atomic mass is 10.0. The van der Waals surface area contributed by atoms with Crippen molar-refractivity contribution in [2.75, 3.05) is 14.2 Å². The van der Waals surface area contributed by atoms with E-state index >= 15 is 0 Å². The maximum absolute atomic E-state index is 12.9. The Kier molecular flexibility index (Phi) is 4.72. The first-order valence-electron chi connectivity index (χ1n) is 7.45. The first-order chi connectivity index (χ1) is 12.0. The summed E-state index contributed by atoms with van der Waals surface area (Å²) in [7, 11) is 2.82. The van der Waals surface area contributed by atoms with Gasteiger partial charge in [0.1, 0.15) is 11.4 Å². The average Bonchev–Trinajstić information content (AvgIpc) is 2.98. The molecule has 6 nitrogen and oxygen atoms in total. The second-order valence-corrected chi connectivity index (χ2v) is 5.77. The quantitative estimate of drug-likeness (QED) is 0.559. The number of hydrogen-bond acceptors (Lipinski definition) is 5. The molecule has 0 atom stereocenters. The van der Waals surface area contributed by atoms with E-state index in [0.717, 1.165) is 5.39 Å². The number of ether oxygens (including phenoxy) is 2. The number of carbonyl (C=O) groups excluding carboxylic acids is 2. The highest BCUT2D eigenvalue weighted by Gasteiger charge is 2.22. The normalized spacial score (nSPS) is 10.7. The van der Waals surface area contributed by atoms with Gasteiger partial charge in [-0.25, -0.2) is 0 Å². The van der Waals surface area contributed by atoms with Crippen molar-refractivity contribution in [1.29, 1.82) is 0 Å². The van der Waals surface area contributed by atoms with Crippen LogP contribution in [0.3, 0.4) is 0 Å². The monoisotopic (exact) mass is 358 g/mol. The third kappa shape index (κ3) is 3.34. The van der Waals surface area contributed by atoms with Crippen molar-refractivity contribution in [3.8, 4) is 5.75 Å². The van der Waals surface area contributed by atoms with Crippen molar-refractivity contribution in [1.82, 2.24) is 9.97 Å². The van der Waals surface area contributed by atoms with E-state index in [4.69, 9.17) is 21.1 Å². The fourth-order valence-corrected chi connectivity index (χ4v) is 2.78. The summed E-state index contributed by atoms with van der Waals surface area (Å²) in [5.41, 5.74) is 1.71. The van der Waals surface area contributed by atoms with Crippen LogP contribution in [0.1, 0.15) is 21.7 Å². The van der Waals surface area contributed by atoms with Crippen LogP contribution in [-0.4, -0.2) is 35.9 Å². The number of ketones is 1. The number of esters is 1. The summed E-state index contributed by atoms with van der Waals surface area (Å²) in [5.74, 6) is -0.263. The molecule has 2 heterocycles. The molecule has 0 aliphatic carbocycles. The minimum atomic E-state index is -0.441. The van der Waals surface area contributed by atoms with Gasteiger partial charge in [-0.05, 0) is 18.2 Å². The molecule has 0 amide bonds. The van der Waals surface area contributed by atoms with Crippen LogP contribution >= 0.6 is 11.6 Å². The van der Waals surface area contributed by atoms with Gasteiger partial charge in [0.15, 0.2) is 0 Å². The minimum absolute atomic E-state index is 0.0385. The highest BCUT2D eigenvalue weighted by atomic mass is 35.5. The smallest absolute Gasteiger partial charge is 0.310 e. The molecule has 0 saturated heterocycles. The molecule has 0 aliphatic heterocycles. The Hall–Kier alpha value is -2.86. The van der Waals surface area contributed by atoms with Gasteiger partial charge in [0, 0.05) is 33.8 Å². The zero-order valence-electron chi connectivity index (χ0n) is 13.6. The molecule has 0 saturated carbocycles. The summed E-state index contributed by atoms with van der Waals surface area (Å²) < 4.78 is 9.88. The van der Waals surface area contributed by atoms with E-state index in [1.165, 1.54) is 20.4 Å². The second kappa shape index (κ2) is 6.94. The molecule has 1 N–H and O–H groups in total. The lowest BCUT2D eigenvalue weighted by Crippen LogP contribution is -2.11. The first kappa shape index (κ1) is 17.0. The number of nitrogens with zero attached hydrogens (tertiary/aromatic N) is 1. The van der Waals surface area contributed by atoms with Gasteiger partial charge in [0.25, 0.3) is 0 Å². The van der Waals surface area contributed by atoms with Crippen LogP contribution < -0.4 is 4.74 Å². The summed E-state index contributed by atoms with van der Waals surface area (Å²) in [6.07, 6.45) is 1.45. The van der Waals surface area contributed by atoms with Crippen molar-refractivity contribution in [2.45, 2.75) is 6.42 Å². The molecule has 128 valence electrons. The lowest BCUT2D eigenvalue weighted by molar-refractivity contribution is -0.139. The number of fused-ring (bicyclic) bond motifs is 1. The van der Waals surface area contributed by atoms with Gasteiger partial charge in [-0.1, -0.05) is 17.7 Å². The Morgan fingerprint density at radius 1 is 1.20 bits per heavy atom. The fourth-order valence-electron chi connectivity index (χ4n) is 2.61. The van der Waals surface area contributed by atoms with Crippen LogP contribution in [0.4, 0.5) is 0 Å². The summed E-state index contributed by atoms with van der Waals surface area (Å²) in [4.78, 5) is 31.9. The summed E-state index contributed by atoms with van der Waals surface area (Å²) >= 11 is 6.02. The number of benzene rings is 1. The lowest BCUT2D eigenvalue weighted by Gasteiger charge is -2.05. The molecule has 2 aromatic heterocycles. The Morgan fingerprint density at radius 2 is 2.00 bits per heavy atom. The summed E-state index contributed by atoms with van der Waals surface area (Å²) in [6, 6.07) is 8.37. The van der Waals surface area contributed by atoms with Gasteiger partial charge in [0.2, 0.25) is 5.78 Å². The molecule has 0 spiro atoms. The Balaban J connectivity index is 2.14. The third-order valence-corrected chi connectivity index (χ3v) is 4.08. The van der Waals surface area contributed by atoms with E-state index in [1.807, 2.05) is 0 Å². The number of aromatic amines is 1. The Morgan fingerprint density at radius 3 is 2.72 bits per heavy atom. The third-order valence-electron chi connectivity index (χ3n) is 3.84. The van der Waals surface area contributed by atoms with Gasteiger partial charge in [-0.15, -0.1) is 0 Å². The molecular formula is C18H15ClN2O4. The number of pyridine rings is 1. The predicted octanol–water partition coefficient (Wildman–Crippen LogP) is 3.17. The highest BCUT2D eigenvalue weighted by molar-refractivity contribution is 6.31. The summed E-state index contributed by atoms with van der Waals surface area (Å²) in [5, 5.41) is 1.26.